The van der Waals surface area contributed by atoms with Crippen LogP contribution in [0.15, 0.2) is 11.8 Å². The van der Waals surface area contributed by atoms with E-state index in [0.717, 1.165) is 32.6 Å². The predicted octanol–water partition coefficient (Wildman–Crippen LogP) is 0.150. The molecule has 0 bridgehead atoms. The van der Waals surface area contributed by atoms with Crippen molar-refractivity contribution in [2.75, 3.05) is 40.3 Å². The van der Waals surface area contributed by atoms with Gasteiger partial charge in [0.2, 0.25) is 0 Å². The molecular weight excluding hydrogens is 326 g/mol. The number of nitrogens with zero attached hydrogens (tertiary/aromatic N) is 2. The minimum atomic E-state index is -0.730. The van der Waals surface area contributed by atoms with Gasteiger partial charge in [0.15, 0.2) is 0 Å². The number of hydrogen-bond donors (Lipinski definition) is 1. The maximum atomic E-state index is 13.0. The Kier molecular flexibility index (Phi) is 3.92. The minimum absolute atomic E-state index is 0.000637. The molecule has 2 saturated heterocycles. The van der Waals surface area contributed by atoms with Crippen LogP contribution in [0.2, 0.25) is 0 Å². The van der Waals surface area contributed by atoms with Crippen molar-refractivity contribution in [2.45, 2.75) is 31.3 Å². The topological polar surface area (TPSA) is 83.6 Å². The van der Waals surface area contributed by atoms with Crippen LogP contribution in [0.4, 0.5) is 4.79 Å². The molecule has 3 heterocycles. The summed E-state index contributed by atoms with van der Waals surface area (Å²) >= 11 is 0. The molecule has 4 rings (SSSR count). The highest BCUT2D eigenvalue weighted by atomic mass is 16.7. The van der Waals surface area contributed by atoms with Crippen LogP contribution in [0, 0.1) is 11.8 Å². The third-order valence-electron chi connectivity index (χ3n) is 6.03. The first-order valence-corrected chi connectivity index (χ1v) is 8.83. The van der Waals surface area contributed by atoms with E-state index in [4.69, 9.17) is 14.2 Å². The van der Waals surface area contributed by atoms with Crippen LogP contribution in [0.5, 0.6) is 0 Å². The van der Waals surface area contributed by atoms with E-state index in [1.165, 1.54) is 13.3 Å². The Labute approximate surface area is 147 Å². The van der Waals surface area contributed by atoms with Gasteiger partial charge in [-0.25, -0.2) is 4.79 Å². The quantitative estimate of drug-likeness (QED) is 0.713. The van der Waals surface area contributed by atoms with Gasteiger partial charge in [0.05, 0.1) is 23.9 Å². The summed E-state index contributed by atoms with van der Waals surface area (Å²) in [7, 11) is 3.57. The molecule has 3 aliphatic heterocycles. The monoisotopic (exact) mass is 351 g/mol. The summed E-state index contributed by atoms with van der Waals surface area (Å²) in [6, 6.07) is 0. The molecular formula is C17H25N3O5. The Hall–Kier alpha value is -1.80. The Balaban J connectivity index is 1.54. The lowest BCUT2D eigenvalue weighted by atomic mass is 9.81. The first-order valence-electron chi connectivity index (χ1n) is 8.83. The number of hydrogen-bond acceptors (Lipinski definition) is 6. The number of nitrogens with one attached hydrogen (secondary N) is 1. The zero-order chi connectivity index (χ0) is 17.8. The summed E-state index contributed by atoms with van der Waals surface area (Å²) in [6.07, 6.45) is 1.10. The number of ether oxygens (including phenoxy) is 3. The van der Waals surface area contributed by atoms with Crippen molar-refractivity contribution in [3.63, 3.8) is 0 Å². The van der Waals surface area contributed by atoms with Crippen LogP contribution in [-0.2, 0) is 19.0 Å². The molecule has 0 aromatic rings. The van der Waals surface area contributed by atoms with Crippen molar-refractivity contribution >= 4 is 12.0 Å². The highest BCUT2D eigenvalue weighted by Crippen LogP contribution is 2.61. The smallest absolute Gasteiger partial charge is 0.409 e. The molecule has 1 N–H and O–H groups in total. The predicted molar refractivity (Wildman–Crippen MR) is 87.4 cm³/mol. The second-order valence-corrected chi connectivity index (χ2v) is 7.49. The third kappa shape index (κ3) is 2.67. The van der Waals surface area contributed by atoms with Gasteiger partial charge < -0.3 is 29.3 Å². The van der Waals surface area contributed by atoms with Crippen molar-refractivity contribution in [3.05, 3.63) is 11.8 Å². The van der Waals surface area contributed by atoms with E-state index in [1.807, 2.05) is 11.8 Å². The number of piperazine rings is 1. The zero-order valence-corrected chi connectivity index (χ0v) is 14.9. The number of amides is 2. The summed E-state index contributed by atoms with van der Waals surface area (Å²) in [5.74, 6) is -0.128. The Bertz CT molecular complexity index is 615. The molecule has 2 amide bonds. The number of rotatable bonds is 2. The van der Waals surface area contributed by atoms with Crippen LogP contribution < -0.4 is 5.32 Å². The molecule has 1 aliphatic carbocycles. The summed E-state index contributed by atoms with van der Waals surface area (Å²) in [6.45, 7) is 5.20. The van der Waals surface area contributed by atoms with Gasteiger partial charge in [0.25, 0.3) is 12.2 Å². The molecule has 138 valence electrons. The summed E-state index contributed by atoms with van der Waals surface area (Å²) in [5.41, 5.74) is 0.300. The van der Waals surface area contributed by atoms with Crippen molar-refractivity contribution in [1.29, 1.82) is 0 Å². The molecule has 4 aliphatic rings. The van der Waals surface area contributed by atoms with Crippen LogP contribution in [0.25, 0.3) is 0 Å². The third-order valence-corrected chi connectivity index (χ3v) is 6.03. The maximum absolute atomic E-state index is 13.0. The average molecular weight is 351 g/mol. The molecule has 0 radical (unpaired) electrons. The minimum Gasteiger partial charge on any atom is -0.461 e. The summed E-state index contributed by atoms with van der Waals surface area (Å²) < 4.78 is 16.9. The lowest BCUT2D eigenvalue weighted by Crippen LogP contribution is -2.50. The second-order valence-electron chi connectivity index (χ2n) is 7.49. The van der Waals surface area contributed by atoms with Crippen molar-refractivity contribution in [1.82, 2.24) is 15.1 Å². The fourth-order valence-electron chi connectivity index (χ4n) is 4.38. The summed E-state index contributed by atoms with van der Waals surface area (Å²) in [4.78, 5) is 28.7. The largest absolute Gasteiger partial charge is 0.461 e. The van der Waals surface area contributed by atoms with Gasteiger partial charge in [-0.2, -0.15) is 0 Å². The molecule has 3 fully saturated rings. The van der Waals surface area contributed by atoms with E-state index >= 15 is 0 Å². The van der Waals surface area contributed by atoms with E-state index in [1.54, 1.807) is 0 Å². The van der Waals surface area contributed by atoms with E-state index in [2.05, 4.69) is 17.3 Å². The van der Waals surface area contributed by atoms with Crippen LogP contribution in [0.3, 0.4) is 0 Å². The highest BCUT2D eigenvalue weighted by molar-refractivity contribution is 5.94. The number of likely N-dealkylation sites (N-methyl/N-ethyl adjacent to an activating group) is 1. The summed E-state index contributed by atoms with van der Waals surface area (Å²) in [5, 5.41) is 2.44. The van der Waals surface area contributed by atoms with E-state index < -0.39 is 12.4 Å². The molecule has 5 unspecified atom stereocenters. The second kappa shape index (κ2) is 5.88. The lowest BCUT2D eigenvalue weighted by molar-refractivity contribution is -0.146. The first kappa shape index (κ1) is 16.7. The van der Waals surface area contributed by atoms with Crippen molar-refractivity contribution in [3.8, 4) is 0 Å². The molecule has 5 atom stereocenters. The number of alkyl carbamates (subject to hydrolysis) is 1. The molecule has 8 nitrogen and oxygen atoms in total. The molecule has 0 aromatic heterocycles. The lowest BCUT2D eigenvalue weighted by Gasteiger charge is -2.39. The normalized spacial score (nSPS) is 39.6. The number of carbonyl (C=O) groups excluding carboxylic acids is 2. The van der Waals surface area contributed by atoms with E-state index in [9.17, 15) is 9.59 Å². The highest BCUT2D eigenvalue weighted by Gasteiger charge is 2.71. The zero-order valence-electron chi connectivity index (χ0n) is 14.9. The van der Waals surface area contributed by atoms with Gasteiger partial charge in [0.1, 0.15) is 5.60 Å². The van der Waals surface area contributed by atoms with E-state index in [-0.39, 0.29) is 29.4 Å². The SMILES string of the molecule is CNC(=O)OC1OC=C(C(=O)N2CCN(C)CC2)C2CC3OC3(C)C12. The van der Waals surface area contributed by atoms with Gasteiger partial charge in [0, 0.05) is 39.1 Å². The van der Waals surface area contributed by atoms with Gasteiger partial charge in [-0.1, -0.05) is 0 Å². The van der Waals surface area contributed by atoms with Gasteiger partial charge >= 0.3 is 6.09 Å². The number of carbonyl (C=O) groups is 2. The number of epoxide rings is 1. The molecule has 0 spiro atoms. The van der Waals surface area contributed by atoms with Gasteiger partial charge in [-0.15, -0.1) is 0 Å². The maximum Gasteiger partial charge on any atom is 0.409 e. The fourth-order valence-corrected chi connectivity index (χ4v) is 4.38. The van der Waals surface area contributed by atoms with Crippen LogP contribution in [-0.4, -0.2) is 80.1 Å². The molecule has 1 saturated carbocycles. The van der Waals surface area contributed by atoms with Gasteiger partial charge in [-0.3, -0.25) is 4.79 Å². The van der Waals surface area contributed by atoms with Crippen molar-refractivity contribution in [2.24, 2.45) is 11.8 Å². The standard InChI is InChI=1S/C17H25N3O5/c1-17-12(25-17)8-10-11(14(21)20-6-4-19(3)5-7-20)9-23-15(13(10)17)24-16(22)18-2/h9-10,12-13,15H,4-8H2,1-3H3,(H,18,22). The molecule has 8 heteroatoms. The van der Waals surface area contributed by atoms with Crippen molar-refractivity contribution < 1.29 is 23.8 Å². The number of fused-ring (bicyclic) bond motifs is 3. The Morgan fingerprint density at radius 2 is 2.04 bits per heavy atom. The Morgan fingerprint density at radius 1 is 1.32 bits per heavy atom. The van der Waals surface area contributed by atoms with Crippen LogP contribution in [0.1, 0.15) is 13.3 Å². The fraction of sp³-hybridized carbons (Fsp3) is 0.765. The van der Waals surface area contributed by atoms with Gasteiger partial charge in [-0.05, 0) is 20.4 Å². The molecule has 25 heavy (non-hydrogen) atoms. The Morgan fingerprint density at radius 3 is 2.72 bits per heavy atom. The van der Waals surface area contributed by atoms with Crippen LogP contribution >= 0.6 is 0 Å². The molecule has 0 aromatic carbocycles. The van der Waals surface area contributed by atoms with E-state index in [0.29, 0.717) is 5.57 Å². The first-order chi connectivity index (χ1) is 11.9. The average Bonchev–Trinajstić information content (AvgIpc) is 3.16.